The molecule has 1 fully saturated rings. The number of carbonyl (C=O) groups is 1. The second-order valence-electron chi connectivity index (χ2n) is 7.15. The molecule has 4 rings (SSSR count). The van der Waals surface area contributed by atoms with Crippen molar-refractivity contribution < 1.29 is 13.9 Å². The monoisotopic (exact) mass is 391 g/mol. The summed E-state index contributed by atoms with van der Waals surface area (Å²) >= 11 is 0. The highest BCUT2D eigenvalue weighted by Crippen LogP contribution is 2.16. The first kappa shape index (κ1) is 19.2. The first-order valence-electron chi connectivity index (χ1n) is 9.95. The van der Waals surface area contributed by atoms with Crippen LogP contribution < -0.4 is 4.74 Å². The van der Waals surface area contributed by atoms with E-state index in [9.17, 15) is 4.79 Å². The van der Waals surface area contributed by atoms with Crippen LogP contribution in [0.5, 0.6) is 5.75 Å². The van der Waals surface area contributed by atoms with E-state index in [1.54, 1.807) is 24.6 Å². The summed E-state index contributed by atoms with van der Waals surface area (Å²) in [7, 11) is 0. The van der Waals surface area contributed by atoms with Crippen LogP contribution in [-0.4, -0.2) is 46.9 Å². The fourth-order valence-corrected chi connectivity index (χ4v) is 3.48. The summed E-state index contributed by atoms with van der Waals surface area (Å²) in [6.45, 7) is 4.63. The quantitative estimate of drug-likeness (QED) is 0.643. The molecule has 0 N–H and O–H groups in total. The summed E-state index contributed by atoms with van der Waals surface area (Å²) in [5.41, 5.74) is 2.15. The first-order valence-corrected chi connectivity index (χ1v) is 9.95. The van der Waals surface area contributed by atoms with Crippen LogP contribution in [0, 0.1) is 0 Å². The molecule has 1 aliphatic rings. The van der Waals surface area contributed by atoms with Crippen molar-refractivity contribution in [2.45, 2.75) is 19.6 Å². The number of hydrogen-bond acceptors (Lipinski definition) is 5. The SMILES string of the molecule is O=C(c1ccco1)N1CCCN(Cc2ccc(OCc3ccccn3)cc2)CC1. The van der Waals surface area contributed by atoms with Crippen LogP contribution in [0.1, 0.15) is 28.2 Å². The summed E-state index contributed by atoms with van der Waals surface area (Å²) < 4.78 is 11.1. The summed E-state index contributed by atoms with van der Waals surface area (Å²) in [5.74, 6) is 1.23. The zero-order valence-electron chi connectivity index (χ0n) is 16.4. The lowest BCUT2D eigenvalue weighted by Crippen LogP contribution is -2.34. The molecular weight excluding hydrogens is 366 g/mol. The third kappa shape index (κ3) is 5.23. The Morgan fingerprint density at radius 1 is 1.00 bits per heavy atom. The highest BCUT2D eigenvalue weighted by atomic mass is 16.5. The molecule has 6 heteroatoms. The lowest BCUT2D eigenvalue weighted by molar-refractivity contribution is 0.0729. The van der Waals surface area contributed by atoms with Gasteiger partial charge in [0, 0.05) is 38.9 Å². The smallest absolute Gasteiger partial charge is 0.289 e. The average Bonchev–Trinajstić information content (AvgIpc) is 3.21. The van der Waals surface area contributed by atoms with Gasteiger partial charge in [-0.2, -0.15) is 0 Å². The maximum atomic E-state index is 12.5. The minimum atomic E-state index is -0.0220. The molecule has 1 saturated heterocycles. The lowest BCUT2D eigenvalue weighted by atomic mass is 10.2. The molecule has 29 heavy (non-hydrogen) atoms. The minimum Gasteiger partial charge on any atom is -0.487 e. The maximum Gasteiger partial charge on any atom is 0.289 e. The molecule has 1 amide bonds. The Bertz CT molecular complexity index is 895. The van der Waals surface area contributed by atoms with Gasteiger partial charge in [0.05, 0.1) is 12.0 Å². The Morgan fingerprint density at radius 3 is 2.66 bits per heavy atom. The Labute approximate surface area is 170 Å². The average molecular weight is 391 g/mol. The van der Waals surface area contributed by atoms with E-state index >= 15 is 0 Å². The van der Waals surface area contributed by atoms with Crippen molar-refractivity contribution in [2.24, 2.45) is 0 Å². The number of rotatable bonds is 6. The lowest BCUT2D eigenvalue weighted by Gasteiger charge is -2.21. The molecule has 0 aliphatic carbocycles. The van der Waals surface area contributed by atoms with Crippen LogP contribution in [-0.2, 0) is 13.2 Å². The minimum absolute atomic E-state index is 0.0220. The number of pyridine rings is 1. The largest absolute Gasteiger partial charge is 0.487 e. The van der Waals surface area contributed by atoms with Gasteiger partial charge in [0.15, 0.2) is 5.76 Å². The summed E-state index contributed by atoms with van der Waals surface area (Å²) in [6, 6.07) is 17.5. The summed E-state index contributed by atoms with van der Waals surface area (Å²) in [6.07, 6.45) is 4.27. The topological polar surface area (TPSA) is 58.8 Å². The van der Waals surface area contributed by atoms with Crippen molar-refractivity contribution in [1.82, 2.24) is 14.8 Å². The zero-order valence-corrected chi connectivity index (χ0v) is 16.4. The molecule has 0 bridgehead atoms. The number of benzene rings is 1. The van der Waals surface area contributed by atoms with Crippen molar-refractivity contribution in [2.75, 3.05) is 26.2 Å². The molecule has 0 unspecified atom stereocenters. The Balaban J connectivity index is 1.27. The molecule has 0 spiro atoms. The van der Waals surface area contributed by atoms with Crippen LogP contribution >= 0.6 is 0 Å². The normalized spacial score (nSPS) is 15.1. The second-order valence-corrected chi connectivity index (χ2v) is 7.15. The van der Waals surface area contributed by atoms with Crippen molar-refractivity contribution in [1.29, 1.82) is 0 Å². The first-order chi connectivity index (χ1) is 14.3. The molecule has 150 valence electrons. The van der Waals surface area contributed by atoms with Crippen LogP contribution in [0.15, 0.2) is 71.5 Å². The van der Waals surface area contributed by atoms with Gasteiger partial charge in [-0.1, -0.05) is 18.2 Å². The van der Waals surface area contributed by atoms with Crippen molar-refractivity contribution in [3.05, 3.63) is 84.1 Å². The molecule has 2 aromatic heterocycles. The van der Waals surface area contributed by atoms with Crippen LogP contribution in [0.4, 0.5) is 0 Å². The summed E-state index contributed by atoms with van der Waals surface area (Å²) in [5, 5.41) is 0. The van der Waals surface area contributed by atoms with E-state index in [4.69, 9.17) is 9.15 Å². The highest BCUT2D eigenvalue weighted by Gasteiger charge is 2.21. The van der Waals surface area contributed by atoms with Crippen LogP contribution in [0.2, 0.25) is 0 Å². The molecule has 1 aliphatic heterocycles. The molecule has 6 nitrogen and oxygen atoms in total. The number of nitrogens with zero attached hydrogens (tertiary/aromatic N) is 3. The predicted molar refractivity (Wildman–Crippen MR) is 110 cm³/mol. The van der Waals surface area contributed by atoms with Crippen molar-refractivity contribution in [3.63, 3.8) is 0 Å². The molecule has 0 atom stereocenters. The molecule has 3 heterocycles. The number of hydrogen-bond donors (Lipinski definition) is 0. The van der Waals surface area contributed by atoms with E-state index in [0.29, 0.717) is 18.9 Å². The van der Waals surface area contributed by atoms with E-state index in [2.05, 4.69) is 22.0 Å². The fraction of sp³-hybridized carbons (Fsp3) is 0.304. The number of carbonyl (C=O) groups excluding carboxylic acids is 1. The van der Waals surface area contributed by atoms with Gasteiger partial charge in [-0.05, 0) is 48.4 Å². The third-order valence-corrected chi connectivity index (χ3v) is 5.05. The van der Waals surface area contributed by atoms with Gasteiger partial charge < -0.3 is 14.1 Å². The molecule has 0 saturated carbocycles. The summed E-state index contributed by atoms with van der Waals surface area (Å²) in [4.78, 5) is 21.0. The Kier molecular flexibility index (Phi) is 6.22. The number of furan rings is 1. The molecular formula is C23H25N3O3. The number of aromatic nitrogens is 1. The van der Waals surface area contributed by atoms with Gasteiger partial charge in [-0.15, -0.1) is 0 Å². The molecule has 1 aromatic carbocycles. The van der Waals surface area contributed by atoms with Gasteiger partial charge in [0.2, 0.25) is 0 Å². The molecule has 3 aromatic rings. The number of amides is 1. The van der Waals surface area contributed by atoms with E-state index in [0.717, 1.165) is 44.0 Å². The van der Waals surface area contributed by atoms with Gasteiger partial charge in [-0.25, -0.2) is 0 Å². The van der Waals surface area contributed by atoms with Gasteiger partial charge in [0.1, 0.15) is 12.4 Å². The van der Waals surface area contributed by atoms with E-state index < -0.39 is 0 Å². The molecule has 0 radical (unpaired) electrons. The fourth-order valence-electron chi connectivity index (χ4n) is 3.48. The van der Waals surface area contributed by atoms with E-state index in [-0.39, 0.29) is 5.91 Å². The van der Waals surface area contributed by atoms with Crippen LogP contribution in [0.25, 0.3) is 0 Å². The van der Waals surface area contributed by atoms with Gasteiger partial charge in [-0.3, -0.25) is 14.7 Å². The van der Waals surface area contributed by atoms with Crippen LogP contribution in [0.3, 0.4) is 0 Å². The van der Waals surface area contributed by atoms with E-state index in [1.807, 2.05) is 35.2 Å². The Morgan fingerprint density at radius 2 is 1.90 bits per heavy atom. The van der Waals surface area contributed by atoms with Gasteiger partial charge in [0.25, 0.3) is 5.91 Å². The highest BCUT2D eigenvalue weighted by molar-refractivity contribution is 5.91. The number of ether oxygens (including phenoxy) is 1. The zero-order chi connectivity index (χ0) is 19.9. The van der Waals surface area contributed by atoms with Gasteiger partial charge >= 0.3 is 0 Å². The predicted octanol–water partition coefficient (Wildman–Crippen LogP) is 3.60. The Hall–Kier alpha value is -3.12. The third-order valence-electron chi connectivity index (χ3n) is 5.05. The van der Waals surface area contributed by atoms with Crippen molar-refractivity contribution in [3.8, 4) is 5.75 Å². The second kappa shape index (κ2) is 9.39. The maximum absolute atomic E-state index is 12.5. The van der Waals surface area contributed by atoms with Crippen molar-refractivity contribution >= 4 is 5.91 Å². The standard InChI is InChI=1S/C23H25N3O3/c27-23(22-6-3-16-28-22)26-13-4-12-25(14-15-26)17-19-7-9-21(10-8-19)29-18-20-5-1-2-11-24-20/h1-3,5-11,16H,4,12-15,17-18H2. The van der Waals surface area contributed by atoms with E-state index in [1.165, 1.54) is 5.56 Å².